The molecule has 0 aromatic heterocycles. The molecule has 19 heteroatoms. The first-order valence-electron chi connectivity index (χ1n) is 36.7. The lowest BCUT2D eigenvalue weighted by Crippen LogP contribution is -2.30. The summed E-state index contributed by atoms with van der Waals surface area (Å²) < 4.78 is 68.2. The third kappa shape index (κ3) is 64.8. The summed E-state index contributed by atoms with van der Waals surface area (Å²) in [5, 5.41) is 10.6. The third-order valence-electron chi connectivity index (χ3n) is 16.3. The van der Waals surface area contributed by atoms with Crippen LogP contribution in [0.1, 0.15) is 351 Å². The first-order chi connectivity index (χ1) is 43.1. The average Bonchev–Trinajstić information content (AvgIpc) is 3.56. The Balaban J connectivity index is 5.20. The Morgan fingerprint density at radius 3 is 0.689 bits per heavy atom. The van der Waals surface area contributed by atoms with Crippen LogP contribution in [0.4, 0.5) is 0 Å². The van der Waals surface area contributed by atoms with Gasteiger partial charge in [-0.05, 0) is 49.4 Å². The zero-order valence-corrected chi connectivity index (χ0v) is 60.6. The predicted octanol–water partition coefficient (Wildman–Crippen LogP) is 20.1. The number of esters is 4. The van der Waals surface area contributed by atoms with Crippen LogP contribution in [0.2, 0.25) is 0 Å². The average molecular weight is 1330 g/mol. The van der Waals surface area contributed by atoms with Crippen molar-refractivity contribution in [2.75, 3.05) is 39.6 Å². The van der Waals surface area contributed by atoms with Gasteiger partial charge in [-0.2, -0.15) is 0 Å². The second-order valence-corrected chi connectivity index (χ2v) is 30.4. The number of unbranched alkanes of at least 4 members (excludes halogenated alkanes) is 34. The molecule has 0 saturated heterocycles. The second-order valence-electron chi connectivity index (χ2n) is 27.5. The van der Waals surface area contributed by atoms with Gasteiger partial charge >= 0.3 is 39.5 Å². The quantitative estimate of drug-likeness (QED) is 0.0222. The zero-order chi connectivity index (χ0) is 66.8. The second kappa shape index (κ2) is 60.7. The topological polar surface area (TPSA) is 237 Å². The summed E-state index contributed by atoms with van der Waals surface area (Å²) in [5.41, 5.74) is 0. The normalized spacial score (nSPS) is 14.3. The minimum atomic E-state index is -4.95. The predicted molar refractivity (Wildman–Crippen MR) is 363 cm³/mol. The molecule has 0 aliphatic carbocycles. The fourth-order valence-electron chi connectivity index (χ4n) is 10.7. The number of phosphoric acid groups is 2. The lowest BCUT2D eigenvalue weighted by Gasteiger charge is -2.21. The van der Waals surface area contributed by atoms with E-state index in [-0.39, 0.29) is 25.7 Å². The molecule has 534 valence electrons. The number of hydrogen-bond donors (Lipinski definition) is 3. The molecule has 0 aromatic carbocycles. The molecule has 0 amide bonds. The van der Waals surface area contributed by atoms with Gasteiger partial charge < -0.3 is 33.8 Å². The van der Waals surface area contributed by atoms with Gasteiger partial charge in [-0.1, -0.05) is 299 Å². The molecule has 0 aliphatic rings. The van der Waals surface area contributed by atoms with Crippen LogP contribution in [0.25, 0.3) is 0 Å². The van der Waals surface area contributed by atoms with Crippen molar-refractivity contribution in [1.82, 2.24) is 0 Å². The largest absolute Gasteiger partial charge is 0.472 e. The Morgan fingerprint density at radius 2 is 0.467 bits per heavy atom. The fraction of sp³-hybridized carbons (Fsp3) is 0.944. The maximum Gasteiger partial charge on any atom is 0.472 e. The molecule has 0 rings (SSSR count). The number of phosphoric ester groups is 2. The molecular weight excluding hydrogens is 1190 g/mol. The third-order valence-corrected chi connectivity index (χ3v) is 18.2. The molecule has 3 N–H and O–H groups in total. The van der Waals surface area contributed by atoms with Gasteiger partial charge in [0.05, 0.1) is 26.4 Å². The van der Waals surface area contributed by atoms with E-state index in [9.17, 15) is 43.2 Å². The first kappa shape index (κ1) is 88.1. The van der Waals surface area contributed by atoms with E-state index >= 15 is 0 Å². The molecule has 0 aliphatic heterocycles. The van der Waals surface area contributed by atoms with E-state index in [0.29, 0.717) is 37.5 Å². The molecule has 0 aromatic rings. The van der Waals surface area contributed by atoms with Gasteiger partial charge in [0.2, 0.25) is 0 Å². The lowest BCUT2D eigenvalue weighted by molar-refractivity contribution is -0.161. The molecule has 0 spiro atoms. The fourth-order valence-corrected chi connectivity index (χ4v) is 12.2. The molecule has 0 heterocycles. The number of ether oxygens (including phenoxy) is 4. The van der Waals surface area contributed by atoms with Crippen molar-refractivity contribution in [2.45, 2.75) is 369 Å². The molecule has 0 radical (unpaired) electrons. The summed E-state index contributed by atoms with van der Waals surface area (Å²) in [6.45, 7) is 14.0. The highest BCUT2D eigenvalue weighted by Crippen LogP contribution is 2.45. The summed E-state index contributed by atoms with van der Waals surface area (Å²) in [5.74, 6) is 0.801. The van der Waals surface area contributed by atoms with E-state index in [1.807, 2.05) is 0 Å². The van der Waals surface area contributed by atoms with Crippen LogP contribution in [-0.2, 0) is 65.4 Å². The van der Waals surface area contributed by atoms with Crippen molar-refractivity contribution < 1.29 is 80.2 Å². The monoisotopic (exact) mass is 1320 g/mol. The smallest absolute Gasteiger partial charge is 0.462 e. The van der Waals surface area contributed by atoms with Crippen LogP contribution in [0, 0.1) is 23.7 Å². The number of hydrogen-bond acceptors (Lipinski definition) is 15. The van der Waals surface area contributed by atoms with Crippen LogP contribution in [0.5, 0.6) is 0 Å². The van der Waals surface area contributed by atoms with Gasteiger partial charge in [0, 0.05) is 25.7 Å². The molecule has 90 heavy (non-hydrogen) atoms. The standard InChI is InChI=1S/C71H138O17P2/c1-61(2)47-39-31-23-18-14-12-10-9-11-13-15-20-26-35-43-51-68(73)81-57-66(87-70(75)53-45-37-27-21-17-16-19-24-32-40-48-62(3)4)59-85-89(77,78)83-55-65(72)56-84-90(79,80)86-60-67(58-82-69(74)52-44-36-30-29-34-42-50-64(7)8)88-71(76)54-46-38-28-22-25-33-41-49-63(5)6/h61-67,72H,9-60H2,1-8H3,(H,77,78)(H,79,80)/t65-,66-,67-/m1/s1. The van der Waals surface area contributed by atoms with Crippen molar-refractivity contribution in [3.63, 3.8) is 0 Å². The highest BCUT2D eigenvalue weighted by molar-refractivity contribution is 7.47. The van der Waals surface area contributed by atoms with Crippen LogP contribution < -0.4 is 0 Å². The number of carbonyl (C=O) groups excluding carboxylic acids is 4. The van der Waals surface area contributed by atoms with Crippen molar-refractivity contribution >= 4 is 39.5 Å². The number of aliphatic hydroxyl groups excluding tert-OH is 1. The van der Waals surface area contributed by atoms with Gasteiger partial charge in [0.15, 0.2) is 12.2 Å². The van der Waals surface area contributed by atoms with Crippen LogP contribution in [0.3, 0.4) is 0 Å². The Kier molecular flexibility index (Phi) is 59.4. The molecule has 2 unspecified atom stereocenters. The van der Waals surface area contributed by atoms with Gasteiger partial charge in [0.1, 0.15) is 19.3 Å². The summed E-state index contributed by atoms with van der Waals surface area (Å²) in [4.78, 5) is 72.5. The summed E-state index contributed by atoms with van der Waals surface area (Å²) in [6.07, 6.45) is 43.4. The molecule has 17 nitrogen and oxygen atoms in total. The van der Waals surface area contributed by atoms with Crippen molar-refractivity contribution in [2.24, 2.45) is 23.7 Å². The van der Waals surface area contributed by atoms with Gasteiger partial charge in [-0.15, -0.1) is 0 Å². The van der Waals surface area contributed by atoms with Crippen LogP contribution >= 0.6 is 15.6 Å². The molecule has 0 bridgehead atoms. The van der Waals surface area contributed by atoms with E-state index in [2.05, 4.69) is 55.4 Å². The van der Waals surface area contributed by atoms with Crippen LogP contribution in [0.15, 0.2) is 0 Å². The highest BCUT2D eigenvalue weighted by Gasteiger charge is 2.30. The Bertz CT molecular complexity index is 1780. The number of carbonyl (C=O) groups is 4. The van der Waals surface area contributed by atoms with Crippen molar-refractivity contribution in [1.29, 1.82) is 0 Å². The van der Waals surface area contributed by atoms with Gasteiger partial charge in [-0.25, -0.2) is 9.13 Å². The minimum absolute atomic E-state index is 0.102. The van der Waals surface area contributed by atoms with Crippen LogP contribution in [-0.4, -0.2) is 96.7 Å². The maximum atomic E-state index is 13.0. The van der Waals surface area contributed by atoms with Crippen molar-refractivity contribution in [3.05, 3.63) is 0 Å². The van der Waals surface area contributed by atoms with Gasteiger partial charge in [0.25, 0.3) is 0 Å². The van der Waals surface area contributed by atoms with E-state index in [1.165, 1.54) is 148 Å². The number of aliphatic hydroxyl groups is 1. The SMILES string of the molecule is CC(C)CCCCCCCCCCCCCCCCCC(=O)OC[C@H](COP(=O)(O)OC[C@@H](O)COP(=O)(O)OC[C@@H](COC(=O)CCCCCCCCC(C)C)OC(=O)CCCCCCCCCC(C)C)OC(=O)CCCCCCCCCCCCC(C)C. The van der Waals surface area contributed by atoms with Crippen molar-refractivity contribution in [3.8, 4) is 0 Å². The Morgan fingerprint density at radius 1 is 0.278 bits per heavy atom. The van der Waals surface area contributed by atoms with E-state index in [0.717, 1.165) is 108 Å². The molecule has 0 fully saturated rings. The first-order valence-corrected chi connectivity index (χ1v) is 39.7. The van der Waals surface area contributed by atoms with E-state index < -0.39 is 97.5 Å². The summed E-state index contributed by atoms with van der Waals surface area (Å²) >= 11 is 0. The molecule has 5 atom stereocenters. The highest BCUT2D eigenvalue weighted by atomic mass is 31.2. The Labute approximate surface area is 549 Å². The van der Waals surface area contributed by atoms with Gasteiger partial charge in [-0.3, -0.25) is 37.3 Å². The zero-order valence-electron chi connectivity index (χ0n) is 58.8. The molecule has 0 saturated carbocycles. The minimum Gasteiger partial charge on any atom is -0.462 e. The summed E-state index contributed by atoms with van der Waals surface area (Å²) in [6, 6.07) is 0. The molecular formula is C71H138O17P2. The summed E-state index contributed by atoms with van der Waals surface area (Å²) in [7, 11) is -9.90. The van der Waals surface area contributed by atoms with E-state index in [4.69, 9.17) is 37.0 Å². The Hall–Kier alpha value is -1.94. The lowest BCUT2D eigenvalue weighted by atomic mass is 10.0. The van der Waals surface area contributed by atoms with E-state index in [1.54, 1.807) is 0 Å². The maximum absolute atomic E-state index is 13.0. The number of rotatable bonds is 68.